The minimum atomic E-state index is -0.403. The molecule has 2 N–H and O–H groups in total. The number of nitrogens with two attached hydrogens (primary N) is 1. The minimum Gasteiger partial charge on any atom is -0.339 e. The van der Waals surface area contributed by atoms with E-state index in [4.69, 9.17) is 10.3 Å². The Bertz CT molecular complexity index is 379. The highest BCUT2D eigenvalue weighted by Gasteiger charge is 2.34. The van der Waals surface area contributed by atoms with Gasteiger partial charge in [-0.15, -0.1) is 0 Å². The van der Waals surface area contributed by atoms with Crippen LogP contribution in [0.15, 0.2) is 4.52 Å². The van der Waals surface area contributed by atoms with Gasteiger partial charge in [-0.1, -0.05) is 19.0 Å². The summed E-state index contributed by atoms with van der Waals surface area (Å²) in [5.41, 5.74) is 6.09. The highest BCUT2D eigenvalue weighted by Crippen LogP contribution is 2.28. The van der Waals surface area contributed by atoms with Crippen LogP contribution in [-0.2, 0) is 12.0 Å². The molecule has 0 aliphatic carbocycles. The Hall–Kier alpha value is -0.940. The average Bonchev–Trinajstić information content (AvgIpc) is 2.78. The van der Waals surface area contributed by atoms with Gasteiger partial charge in [-0.3, -0.25) is 0 Å². The number of aryl methyl sites for hydroxylation is 1. The molecule has 1 atom stereocenters. The third-order valence-electron chi connectivity index (χ3n) is 3.73. The Kier molecular flexibility index (Phi) is 4.35. The van der Waals surface area contributed by atoms with E-state index in [9.17, 15) is 0 Å². The van der Waals surface area contributed by atoms with Gasteiger partial charge < -0.3 is 15.2 Å². The molecular weight excluding hydrogens is 228 g/mol. The summed E-state index contributed by atoms with van der Waals surface area (Å²) < 4.78 is 5.19. The molecule has 1 fully saturated rings. The average molecular weight is 252 g/mol. The Morgan fingerprint density at radius 1 is 1.33 bits per heavy atom. The van der Waals surface area contributed by atoms with Crippen LogP contribution in [0.5, 0.6) is 0 Å². The van der Waals surface area contributed by atoms with Crippen LogP contribution in [0.25, 0.3) is 0 Å². The first kappa shape index (κ1) is 13.5. The molecular formula is C13H24N4O. The fourth-order valence-electron chi connectivity index (χ4n) is 2.58. The zero-order valence-corrected chi connectivity index (χ0v) is 11.5. The highest BCUT2D eigenvalue weighted by atomic mass is 16.5. The molecule has 2 rings (SSSR count). The molecule has 2 heterocycles. The monoisotopic (exact) mass is 252 g/mol. The summed E-state index contributed by atoms with van der Waals surface area (Å²) in [7, 11) is 0. The first-order valence-corrected chi connectivity index (χ1v) is 7.02. The van der Waals surface area contributed by atoms with Gasteiger partial charge in [-0.05, 0) is 38.8 Å². The first-order chi connectivity index (χ1) is 8.68. The van der Waals surface area contributed by atoms with Crippen molar-refractivity contribution in [2.45, 2.75) is 51.5 Å². The second-order valence-electron chi connectivity index (χ2n) is 5.22. The summed E-state index contributed by atoms with van der Waals surface area (Å²) in [5.74, 6) is 1.38. The normalized spacial score (nSPS) is 26.2. The molecule has 0 saturated carbocycles. The maximum absolute atomic E-state index is 6.50. The molecule has 5 nitrogen and oxygen atoms in total. The van der Waals surface area contributed by atoms with Crippen molar-refractivity contribution >= 4 is 0 Å². The molecule has 1 saturated heterocycles. The summed E-state index contributed by atoms with van der Waals surface area (Å²) in [6, 6.07) is 0. The molecule has 102 valence electrons. The number of nitrogens with zero attached hydrogens (tertiary/aromatic N) is 3. The van der Waals surface area contributed by atoms with Crippen molar-refractivity contribution in [3.8, 4) is 0 Å². The smallest absolute Gasteiger partial charge is 0.226 e. The van der Waals surface area contributed by atoms with Gasteiger partial charge in [0.2, 0.25) is 5.89 Å². The minimum absolute atomic E-state index is 0.403. The van der Waals surface area contributed by atoms with Crippen LogP contribution in [0.3, 0.4) is 0 Å². The van der Waals surface area contributed by atoms with E-state index in [0.717, 1.165) is 45.3 Å². The molecule has 1 aliphatic heterocycles. The maximum atomic E-state index is 6.50. The second-order valence-corrected chi connectivity index (χ2v) is 5.22. The number of rotatable bonds is 4. The molecule has 18 heavy (non-hydrogen) atoms. The zero-order valence-electron chi connectivity index (χ0n) is 11.5. The van der Waals surface area contributed by atoms with E-state index in [1.165, 1.54) is 6.42 Å². The summed E-state index contributed by atoms with van der Waals surface area (Å²) >= 11 is 0. The van der Waals surface area contributed by atoms with Crippen molar-refractivity contribution in [1.29, 1.82) is 0 Å². The lowest BCUT2D eigenvalue weighted by molar-refractivity contribution is 0.271. The van der Waals surface area contributed by atoms with Gasteiger partial charge in [0.1, 0.15) is 0 Å². The van der Waals surface area contributed by atoms with Crippen molar-refractivity contribution in [1.82, 2.24) is 15.0 Å². The molecule has 5 heteroatoms. The van der Waals surface area contributed by atoms with Crippen LogP contribution in [0, 0.1) is 0 Å². The lowest BCUT2D eigenvalue weighted by Crippen LogP contribution is -2.39. The SMILES string of the molecule is CCCN1CCCC(N)(c2noc(CC)n2)CC1. The topological polar surface area (TPSA) is 68.2 Å². The fourth-order valence-corrected chi connectivity index (χ4v) is 2.58. The highest BCUT2D eigenvalue weighted by molar-refractivity contribution is 5.05. The van der Waals surface area contributed by atoms with Crippen molar-refractivity contribution in [2.75, 3.05) is 19.6 Å². The quantitative estimate of drug-likeness (QED) is 0.883. The van der Waals surface area contributed by atoms with E-state index in [1.807, 2.05) is 6.92 Å². The van der Waals surface area contributed by atoms with E-state index >= 15 is 0 Å². The van der Waals surface area contributed by atoms with Crippen molar-refractivity contribution < 1.29 is 4.52 Å². The maximum Gasteiger partial charge on any atom is 0.226 e. The van der Waals surface area contributed by atoms with E-state index in [2.05, 4.69) is 22.0 Å². The van der Waals surface area contributed by atoms with Gasteiger partial charge >= 0.3 is 0 Å². The van der Waals surface area contributed by atoms with Crippen molar-refractivity contribution in [3.63, 3.8) is 0 Å². The van der Waals surface area contributed by atoms with E-state index in [1.54, 1.807) is 0 Å². The molecule has 1 aliphatic rings. The zero-order chi connectivity index (χ0) is 13.0. The van der Waals surface area contributed by atoms with Crippen molar-refractivity contribution in [3.05, 3.63) is 11.7 Å². The Balaban J connectivity index is 2.06. The summed E-state index contributed by atoms with van der Waals surface area (Å²) in [4.78, 5) is 6.90. The van der Waals surface area contributed by atoms with Gasteiger partial charge in [0.15, 0.2) is 5.82 Å². The van der Waals surface area contributed by atoms with Crippen LogP contribution >= 0.6 is 0 Å². The van der Waals surface area contributed by atoms with Crippen LogP contribution < -0.4 is 5.73 Å². The predicted molar refractivity (Wildman–Crippen MR) is 70.1 cm³/mol. The summed E-state index contributed by atoms with van der Waals surface area (Å²) in [6.07, 6.45) is 4.92. The van der Waals surface area contributed by atoms with Gasteiger partial charge in [0, 0.05) is 13.0 Å². The van der Waals surface area contributed by atoms with Gasteiger partial charge in [0.05, 0.1) is 5.54 Å². The number of hydrogen-bond acceptors (Lipinski definition) is 5. The third kappa shape index (κ3) is 2.90. The molecule has 0 bridgehead atoms. The van der Waals surface area contributed by atoms with Gasteiger partial charge in [-0.2, -0.15) is 4.98 Å². The van der Waals surface area contributed by atoms with Gasteiger partial charge in [0.25, 0.3) is 0 Å². The van der Waals surface area contributed by atoms with Crippen LogP contribution in [-0.4, -0.2) is 34.7 Å². The largest absolute Gasteiger partial charge is 0.339 e. The van der Waals surface area contributed by atoms with Crippen LogP contribution in [0.4, 0.5) is 0 Å². The third-order valence-corrected chi connectivity index (χ3v) is 3.73. The molecule has 0 spiro atoms. The Morgan fingerprint density at radius 3 is 2.83 bits per heavy atom. The number of likely N-dealkylation sites (tertiary alicyclic amines) is 1. The van der Waals surface area contributed by atoms with Crippen LogP contribution in [0.2, 0.25) is 0 Å². The first-order valence-electron chi connectivity index (χ1n) is 7.02. The molecule has 1 aromatic heterocycles. The van der Waals surface area contributed by atoms with E-state index < -0.39 is 5.54 Å². The number of aromatic nitrogens is 2. The molecule has 1 unspecified atom stereocenters. The molecule has 0 amide bonds. The van der Waals surface area contributed by atoms with Crippen molar-refractivity contribution in [2.24, 2.45) is 5.73 Å². The predicted octanol–water partition coefficient (Wildman–Crippen LogP) is 1.68. The molecule has 0 radical (unpaired) electrons. The fraction of sp³-hybridized carbons (Fsp3) is 0.846. The lowest BCUT2D eigenvalue weighted by Gasteiger charge is -2.24. The molecule has 0 aromatic carbocycles. The number of hydrogen-bond donors (Lipinski definition) is 1. The van der Waals surface area contributed by atoms with Gasteiger partial charge in [-0.25, -0.2) is 0 Å². The standard InChI is InChI=1S/C13H24N4O/c1-3-8-17-9-5-6-13(14,7-10-17)12-15-11(4-2)18-16-12/h3-10,14H2,1-2H3. The van der Waals surface area contributed by atoms with E-state index in [-0.39, 0.29) is 0 Å². The van der Waals surface area contributed by atoms with E-state index in [0.29, 0.717) is 11.7 Å². The van der Waals surface area contributed by atoms with Crippen LogP contribution in [0.1, 0.15) is 51.2 Å². The Labute approximate surface area is 109 Å². The summed E-state index contributed by atoms with van der Waals surface area (Å²) in [5, 5.41) is 4.07. The lowest BCUT2D eigenvalue weighted by atomic mass is 9.91. The second kappa shape index (κ2) is 5.80. The summed E-state index contributed by atoms with van der Waals surface area (Å²) in [6.45, 7) is 7.54. The molecule has 1 aromatic rings. The Morgan fingerprint density at radius 2 is 2.17 bits per heavy atom.